The second kappa shape index (κ2) is 5.70. The zero-order chi connectivity index (χ0) is 14.7. The summed E-state index contributed by atoms with van der Waals surface area (Å²) in [6, 6.07) is 20.2. The van der Waals surface area contributed by atoms with Crippen molar-refractivity contribution in [2.24, 2.45) is 5.73 Å². The number of ketones is 1. The van der Waals surface area contributed by atoms with Crippen molar-refractivity contribution >= 4 is 11.5 Å². The van der Waals surface area contributed by atoms with Crippen LogP contribution in [-0.4, -0.2) is 18.9 Å². The average molecular weight is 280 g/mol. The first-order valence-electron chi connectivity index (χ1n) is 7.40. The molecule has 1 aliphatic heterocycles. The number of carbonyl (C=O) groups excluding carboxylic acids is 1. The molecule has 0 bridgehead atoms. The molecule has 2 aromatic rings. The van der Waals surface area contributed by atoms with Gasteiger partial charge in [0.2, 0.25) is 0 Å². The molecule has 2 N–H and O–H groups in total. The molecule has 3 heteroatoms. The molecule has 0 amide bonds. The minimum atomic E-state index is -0.540. The molecule has 3 rings (SSSR count). The Morgan fingerprint density at radius 1 is 1.05 bits per heavy atom. The Balaban J connectivity index is 2.04. The first-order chi connectivity index (χ1) is 10.3. The van der Waals surface area contributed by atoms with Crippen molar-refractivity contribution < 1.29 is 4.79 Å². The quantitative estimate of drug-likeness (QED) is 0.916. The lowest BCUT2D eigenvalue weighted by Crippen LogP contribution is -2.62. The molecule has 2 aromatic carbocycles. The van der Waals surface area contributed by atoms with E-state index in [2.05, 4.69) is 17.0 Å². The maximum absolute atomic E-state index is 12.8. The van der Waals surface area contributed by atoms with Crippen molar-refractivity contribution in [1.82, 2.24) is 0 Å². The largest absolute Gasteiger partial charge is 0.355 e. The third-order valence-electron chi connectivity index (χ3n) is 4.31. The van der Waals surface area contributed by atoms with Crippen LogP contribution in [0.1, 0.15) is 18.4 Å². The Morgan fingerprint density at radius 3 is 2.19 bits per heavy atom. The van der Waals surface area contributed by atoms with Gasteiger partial charge in [0.25, 0.3) is 0 Å². The predicted molar refractivity (Wildman–Crippen MR) is 85.2 cm³/mol. The third kappa shape index (κ3) is 2.24. The van der Waals surface area contributed by atoms with Crippen molar-refractivity contribution in [2.75, 3.05) is 18.0 Å². The van der Waals surface area contributed by atoms with Crippen LogP contribution in [0.2, 0.25) is 0 Å². The second-order valence-corrected chi connectivity index (χ2v) is 5.43. The van der Waals surface area contributed by atoms with Gasteiger partial charge in [-0.2, -0.15) is 0 Å². The zero-order valence-electron chi connectivity index (χ0n) is 12.0. The van der Waals surface area contributed by atoms with Gasteiger partial charge in [-0.25, -0.2) is 0 Å². The van der Waals surface area contributed by atoms with Crippen molar-refractivity contribution in [3.05, 3.63) is 66.2 Å². The number of rotatable bonds is 5. The van der Waals surface area contributed by atoms with Gasteiger partial charge in [-0.3, -0.25) is 4.79 Å². The van der Waals surface area contributed by atoms with E-state index in [1.807, 2.05) is 48.5 Å². The van der Waals surface area contributed by atoms with E-state index in [0.29, 0.717) is 13.0 Å². The van der Waals surface area contributed by atoms with E-state index in [1.165, 1.54) is 0 Å². The maximum atomic E-state index is 12.8. The van der Waals surface area contributed by atoms with Crippen LogP contribution < -0.4 is 10.6 Å². The summed E-state index contributed by atoms with van der Waals surface area (Å²) in [6.07, 6.45) is 1.27. The molecule has 1 unspecified atom stereocenters. The fourth-order valence-corrected chi connectivity index (χ4v) is 3.21. The van der Waals surface area contributed by atoms with E-state index < -0.39 is 5.54 Å². The number of carbonyl (C=O) groups is 1. The van der Waals surface area contributed by atoms with Crippen molar-refractivity contribution in [1.29, 1.82) is 0 Å². The zero-order valence-corrected chi connectivity index (χ0v) is 12.0. The van der Waals surface area contributed by atoms with Crippen LogP contribution >= 0.6 is 0 Å². The number of Topliss-reactive ketones (excluding diaryl/α,β-unsaturated/α-hetero) is 1. The Hall–Kier alpha value is -2.13. The standard InChI is InChI=1S/C18H20N2O/c19-13-11-17(21)18(15-7-3-1-4-8-15)12-14-20(18)16-9-5-2-6-10-16/h1-10H,11-14,19H2. The minimum Gasteiger partial charge on any atom is -0.355 e. The smallest absolute Gasteiger partial charge is 0.164 e. The Bertz CT molecular complexity index is 612. The second-order valence-electron chi connectivity index (χ2n) is 5.43. The van der Waals surface area contributed by atoms with Crippen LogP contribution in [0.3, 0.4) is 0 Å². The molecule has 21 heavy (non-hydrogen) atoms. The molecule has 1 heterocycles. The summed E-state index contributed by atoms with van der Waals surface area (Å²) in [5.41, 5.74) is 7.25. The van der Waals surface area contributed by atoms with E-state index in [1.54, 1.807) is 0 Å². The van der Waals surface area contributed by atoms with Gasteiger partial charge in [0.05, 0.1) is 0 Å². The highest BCUT2D eigenvalue weighted by Crippen LogP contribution is 2.44. The van der Waals surface area contributed by atoms with E-state index in [0.717, 1.165) is 24.2 Å². The number of anilines is 1. The number of hydrogen-bond acceptors (Lipinski definition) is 3. The van der Waals surface area contributed by atoms with E-state index in [9.17, 15) is 4.79 Å². The van der Waals surface area contributed by atoms with Crippen molar-refractivity contribution in [3.8, 4) is 0 Å². The van der Waals surface area contributed by atoms with E-state index in [4.69, 9.17) is 5.73 Å². The molecular weight excluding hydrogens is 260 g/mol. The molecule has 108 valence electrons. The molecule has 1 atom stereocenters. The lowest BCUT2D eigenvalue weighted by Gasteiger charge is -2.53. The van der Waals surface area contributed by atoms with Gasteiger partial charge in [-0.1, -0.05) is 48.5 Å². The molecule has 3 nitrogen and oxygen atoms in total. The van der Waals surface area contributed by atoms with Gasteiger partial charge in [-0.05, 0) is 30.7 Å². The first kappa shape index (κ1) is 13.8. The molecule has 1 saturated heterocycles. The summed E-state index contributed by atoms with van der Waals surface area (Å²) in [7, 11) is 0. The van der Waals surface area contributed by atoms with Gasteiger partial charge in [0.15, 0.2) is 5.78 Å². The third-order valence-corrected chi connectivity index (χ3v) is 4.31. The highest BCUT2D eigenvalue weighted by molar-refractivity contribution is 5.95. The number of para-hydroxylation sites is 1. The molecule has 0 aromatic heterocycles. The molecule has 1 fully saturated rings. The summed E-state index contributed by atoms with van der Waals surface area (Å²) in [4.78, 5) is 15.0. The van der Waals surface area contributed by atoms with Crippen LogP contribution in [0.4, 0.5) is 5.69 Å². The summed E-state index contributed by atoms with van der Waals surface area (Å²) >= 11 is 0. The lowest BCUT2D eigenvalue weighted by atomic mass is 9.73. The van der Waals surface area contributed by atoms with Crippen LogP contribution in [0.25, 0.3) is 0 Å². The molecule has 0 aliphatic carbocycles. The van der Waals surface area contributed by atoms with Crippen LogP contribution in [0, 0.1) is 0 Å². The van der Waals surface area contributed by atoms with Gasteiger partial charge in [0, 0.05) is 18.7 Å². The van der Waals surface area contributed by atoms with Gasteiger partial charge < -0.3 is 10.6 Å². The summed E-state index contributed by atoms with van der Waals surface area (Å²) in [6.45, 7) is 1.30. The number of hydrogen-bond donors (Lipinski definition) is 1. The number of benzene rings is 2. The number of nitrogens with zero attached hydrogens (tertiary/aromatic N) is 1. The van der Waals surface area contributed by atoms with Crippen molar-refractivity contribution in [2.45, 2.75) is 18.4 Å². The molecule has 0 spiro atoms. The highest BCUT2D eigenvalue weighted by Gasteiger charge is 2.51. The fraction of sp³-hybridized carbons (Fsp3) is 0.278. The minimum absolute atomic E-state index is 0.214. The van der Waals surface area contributed by atoms with Gasteiger partial charge in [-0.15, -0.1) is 0 Å². The van der Waals surface area contributed by atoms with Crippen LogP contribution in [0.15, 0.2) is 60.7 Å². The first-order valence-corrected chi connectivity index (χ1v) is 7.40. The van der Waals surface area contributed by atoms with Gasteiger partial charge >= 0.3 is 0 Å². The van der Waals surface area contributed by atoms with Crippen molar-refractivity contribution in [3.63, 3.8) is 0 Å². The average Bonchev–Trinajstić information content (AvgIpc) is 2.49. The normalized spacial score (nSPS) is 20.9. The molecular formula is C18H20N2O. The maximum Gasteiger partial charge on any atom is 0.164 e. The Labute approximate surface area is 125 Å². The lowest BCUT2D eigenvalue weighted by molar-refractivity contribution is -0.126. The van der Waals surface area contributed by atoms with E-state index >= 15 is 0 Å². The van der Waals surface area contributed by atoms with Gasteiger partial charge in [0.1, 0.15) is 5.54 Å². The monoisotopic (exact) mass is 280 g/mol. The van der Waals surface area contributed by atoms with Crippen LogP contribution in [-0.2, 0) is 10.3 Å². The van der Waals surface area contributed by atoms with E-state index in [-0.39, 0.29) is 5.78 Å². The predicted octanol–water partition coefficient (Wildman–Crippen LogP) is 2.71. The molecule has 1 aliphatic rings. The SMILES string of the molecule is NCCC(=O)C1(c2ccccc2)CCN1c1ccccc1. The molecule has 0 radical (unpaired) electrons. The summed E-state index contributed by atoms with van der Waals surface area (Å²) in [5, 5.41) is 0. The number of nitrogens with two attached hydrogens (primary N) is 1. The summed E-state index contributed by atoms with van der Waals surface area (Å²) in [5.74, 6) is 0.214. The Morgan fingerprint density at radius 2 is 1.67 bits per heavy atom. The highest BCUT2D eigenvalue weighted by atomic mass is 16.1. The Kier molecular flexibility index (Phi) is 3.76. The topological polar surface area (TPSA) is 46.3 Å². The molecule has 0 saturated carbocycles. The van der Waals surface area contributed by atoms with Crippen LogP contribution in [0.5, 0.6) is 0 Å². The fourth-order valence-electron chi connectivity index (χ4n) is 3.21. The summed E-state index contributed by atoms with van der Waals surface area (Å²) < 4.78 is 0.